The van der Waals surface area contributed by atoms with E-state index in [0.29, 0.717) is 12.0 Å². The average molecular weight is 375 g/mol. The number of hydrogen-bond acceptors (Lipinski definition) is 4. The van der Waals surface area contributed by atoms with E-state index in [-0.39, 0.29) is 5.41 Å². The molecule has 0 spiro atoms. The van der Waals surface area contributed by atoms with Crippen molar-refractivity contribution in [2.24, 2.45) is 0 Å². The number of nitrogens with zero attached hydrogens (tertiary/aromatic N) is 2. The predicted octanol–water partition coefficient (Wildman–Crippen LogP) is 6.40. The zero-order chi connectivity index (χ0) is 20.1. The van der Waals surface area contributed by atoms with E-state index in [9.17, 15) is 0 Å². The number of hydrogen-bond donors (Lipinski definition) is 2. The average Bonchev–Trinajstić information content (AvgIpc) is 2.68. The van der Waals surface area contributed by atoms with Gasteiger partial charge >= 0.3 is 0 Å². The maximum atomic E-state index is 4.72. The summed E-state index contributed by atoms with van der Waals surface area (Å²) in [6.45, 7) is 10.9. The standard InChI is InChI=1S/C24H30N4/c1-6-17(2)25-23-27-21(18-10-8-7-9-11-18)16-22(28-23)26-20-14-12-19(13-15-20)24(3,4)5/h7-17H,6H2,1-5H3,(H2,25,26,27,28)/t17-/m1/s1. The fourth-order valence-electron chi connectivity index (χ4n) is 2.86. The Hall–Kier alpha value is -2.88. The van der Waals surface area contributed by atoms with Crippen molar-refractivity contribution in [2.45, 2.75) is 52.5 Å². The topological polar surface area (TPSA) is 49.8 Å². The molecule has 1 atom stereocenters. The quantitative estimate of drug-likeness (QED) is 0.524. The highest BCUT2D eigenvalue weighted by atomic mass is 15.2. The lowest BCUT2D eigenvalue weighted by atomic mass is 9.87. The Balaban J connectivity index is 1.91. The van der Waals surface area contributed by atoms with Crippen LogP contribution < -0.4 is 10.6 Å². The van der Waals surface area contributed by atoms with Crippen LogP contribution in [0.2, 0.25) is 0 Å². The maximum absolute atomic E-state index is 4.72. The zero-order valence-corrected chi connectivity index (χ0v) is 17.5. The minimum Gasteiger partial charge on any atom is -0.352 e. The van der Waals surface area contributed by atoms with Crippen molar-refractivity contribution in [1.82, 2.24) is 9.97 Å². The second-order valence-corrected chi connectivity index (χ2v) is 8.23. The molecule has 0 saturated carbocycles. The summed E-state index contributed by atoms with van der Waals surface area (Å²) in [7, 11) is 0. The van der Waals surface area contributed by atoms with Gasteiger partial charge in [0, 0.05) is 23.4 Å². The van der Waals surface area contributed by atoms with Gasteiger partial charge in [0.05, 0.1) is 5.69 Å². The third kappa shape index (κ3) is 5.10. The van der Waals surface area contributed by atoms with Gasteiger partial charge in [0.1, 0.15) is 5.82 Å². The second kappa shape index (κ2) is 8.42. The van der Waals surface area contributed by atoms with Crippen LogP contribution in [-0.4, -0.2) is 16.0 Å². The third-order valence-corrected chi connectivity index (χ3v) is 4.81. The molecule has 0 radical (unpaired) electrons. The van der Waals surface area contributed by atoms with Crippen molar-refractivity contribution in [1.29, 1.82) is 0 Å². The molecule has 0 amide bonds. The molecule has 0 fully saturated rings. The van der Waals surface area contributed by atoms with E-state index in [1.165, 1.54) is 5.56 Å². The Labute approximate surface area is 168 Å². The van der Waals surface area contributed by atoms with Gasteiger partial charge in [-0.05, 0) is 36.5 Å². The van der Waals surface area contributed by atoms with Crippen LogP contribution in [-0.2, 0) is 5.41 Å². The minimum absolute atomic E-state index is 0.140. The number of rotatable bonds is 6. The lowest BCUT2D eigenvalue weighted by molar-refractivity contribution is 0.590. The number of nitrogens with one attached hydrogen (secondary N) is 2. The Morgan fingerprint density at radius 3 is 2.21 bits per heavy atom. The van der Waals surface area contributed by atoms with Crippen molar-refractivity contribution >= 4 is 17.5 Å². The van der Waals surface area contributed by atoms with Gasteiger partial charge in [0.15, 0.2) is 0 Å². The zero-order valence-electron chi connectivity index (χ0n) is 17.5. The fraction of sp³-hybridized carbons (Fsp3) is 0.333. The summed E-state index contributed by atoms with van der Waals surface area (Å²) in [5.41, 5.74) is 4.44. The summed E-state index contributed by atoms with van der Waals surface area (Å²) in [5.74, 6) is 1.42. The first-order valence-electron chi connectivity index (χ1n) is 9.94. The van der Waals surface area contributed by atoms with Crippen LogP contribution >= 0.6 is 0 Å². The van der Waals surface area contributed by atoms with E-state index in [1.807, 2.05) is 24.3 Å². The van der Waals surface area contributed by atoms with Crippen molar-refractivity contribution in [3.8, 4) is 11.3 Å². The van der Waals surface area contributed by atoms with E-state index >= 15 is 0 Å². The van der Waals surface area contributed by atoms with E-state index in [1.54, 1.807) is 0 Å². The normalized spacial score (nSPS) is 12.5. The lowest BCUT2D eigenvalue weighted by Crippen LogP contribution is -2.16. The molecule has 1 aromatic heterocycles. The van der Waals surface area contributed by atoms with Gasteiger partial charge in [-0.15, -0.1) is 0 Å². The molecular formula is C24H30N4. The summed E-state index contributed by atoms with van der Waals surface area (Å²) in [5, 5.41) is 6.83. The molecular weight excluding hydrogens is 344 g/mol. The highest BCUT2D eigenvalue weighted by molar-refractivity contribution is 5.67. The monoisotopic (exact) mass is 374 g/mol. The van der Waals surface area contributed by atoms with Crippen molar-refractivity contribution in [2.75, 3.05) is 10.6 Å². The highest BCUT2D eigenvalue weighted by Crippen LogP contribution is 2.26. The number of anilines is 3. The molecule has 146 valence electrons. The molecule has 4 nitrogen and oxygen atoms in total. The number of aromatic nitrogens is 2. The van der Waals surface area contributed by atoms with Crippen molar-refractivity contribution in [3.63, 3.8) is 0 Å². The van der Waals surface area contributed by atoms with E-state index in [2.05, 4.69) is 86.6 Å². The van der Waals surface area contributed by atoms with Crippen LogP contribution in [0.3, 0.4) is 0 Å². The van der Waals surface area contributed by atoms with Crippen LogP contribution in [0.4, 0.5) is 17.5 Å². The molecule has 4 heteroatoms. The summed E-state index contributed by atoms with van der Waals surface area (Å²) in [4.78, 5) is 9.40. The van der Waals surface area contributed by atoms with Crippen LogP contribution in [0.15, 0.2) is 60.7 Å². The molecule has 0 unspecified atom stereocenters. The fourth-order valence-corrected chi connectivity index (χ4v) is 2.86. The van der Waals surface area contributed by atoms with E-state index in [0.717, 1.165) is 29.2 Å². The first-order valence-corrected chi connectivity index (χ1v) is 9.94. The van der Waals surface area contributed by atoms with Crippen LogP contribution in [0, 0.1) is 0 Å². The van der Waals surface area contributed by atoms with Gasteiger partial charge in [-0.1, -0.05) is 70.2 Å². The maximum Gasteiger partial charge on any atom is 0.225 e. The third-order valence-electron chi connectivity index (χ3n) is 4.81. The first kappa shape index (κ1) is 19.9. The first-order chi connectivity index (χ1) is 13.3. The van der Waals surface area contributed by atoms with Crippen molar-refractivity contribution in [3.05, 3.63) is 66.2 Å². The Bertz CT molecular complexity index is 896. The van der Waals surface area contributed by atoms with Crippen LogP contribution in [0.5, 0.6) is 0 Å². The van der Waals surface area contributed by atoms with Gasteiger partial charge in [0.2, 0.25) is 5.95 Å². The molecule has 1 heterocycles. The molecule has 2 aromatic carbocycles. The molecule has 0 saturated heterocycles. The van der Waals surface area contributed by atoms with Gasteiger partial charge in [-0.25, -0.2) is 4.98 Å². The molecule has 0 aliphatic carbocycles. The summed E-state index contributed by atoms with van der Waals surface area (Å²) >= 11 is 0. The second-order valence-electron chi connectivity index (χ2n) is 8.23. The molecule has 28 heavy (non-hydrogen) atoms. The van der Waals surface area contributed by atoms with Gasteiger partial charge in [-0.2, -0.15) is 4.98 Å². The molecule has 3 rings (SSSR count). The summed E-state index contributed by atoms with van der Waals surface area (Å²) < 4.78 is 0. The number of benzene rings is 2. The Kier molecular flexibility index (Phi) is 5.98. The lowest BCUT2D eigenvalue weighted by Gasteiger charge is -2.19. The van der Waals surface area contributed by atoms with Gasteiger partial charge in [-0.3, -0.25) is 0 Å². The van der Waals surface area contributed by atoms with Gasteiger partial charge in [0.25, 0.3) is 0 Å². The molecule has 0 aliphatic rings. The smallest absolute Gasteiger partial charge is 0.225 e. The Morgan fingerprint density at radius 2 is 1.61 bits per heavy atom. The van der Waals surface area contributed by atoms with E-state index in [4.69, 9.17) is 4.98 Å². The summed E-state index contributed by atoms with van der Waals surface area (Å²) in [6.07, 6.45) is 1.01. The van der Waals surface area contributed by atoms with Gasteiger partial charge < -0.3 is 10.6 Å². The predicted molar refractivity (Wildman–Crippen MR) is 119 cm³/mol. The molecule has 2 N–H and O–H groups in total. The largest absolute Gasteiger partial charge is 0.352 e. The molecule has 0 aliphatic heterocycles. The SMILES string of the molecule is CC[C@@H](C)Nc1nc(Nc2ccc(C(C)(C)C)cc2)cc(-c2ccccc2)n1. The van der Waals surface area contributed by atoms with Crippen LogP contribution in [0.25, 0.3) is 11.3 Å². The highest BCUT2D eigenvalue weighted by Gasteiger charge is 2.13. The van der Waals surface area contributed by atoms with E-state index < -0.39 is 0 Å². The van der Waals surface area contributed by atoms with Crippen molar-refractivity contribution < 1.29 is 0 Å². The molecule has 3 aromatic rings. The minimum atomic E-state index is 0.140. The Morgan fingerprint density at radius 1 is 0.929 bits per heavy atom. The van der Waals surface area contributed by atoms with Crippen LogP contribution in [0.1, 0.15) is 46.6 Å². The molecule has 0 bridgehead atoms. The summed E-state index contributed by atoms with van der Waals surface area (Å²) in [6, 6.07) is 21.0.